The fourth-order valence-corrected chi connectivity index (χ4v) is 3.17. The molecule has 4 rings (SSSR count). The van der Waals surface area contributed by atoms with Gasteiger partial charge in [-0.1, -0.05) is 48.0 Å². The molecule has 0 bridgehead atoms. The van der Waals surface area contributed by atoms with Crippen molar-refractivity contribution >= 4 is 45.5 Å². The Balaban J connectivity index is 1.75. The van der Waals surface area contributed by atoms with Gasteiger partial charge in [0.25, 0.3) is 0 Å². The van der Waals surface area contributed by atoms with Gasteiger partial charge in [0.15, 0.2) is 0 Å². The van der Waals surface area contributed by atoms with Crippen LogP contribution in [-0.4, -0.2) is 22.6 Å². The summed E-state index contributed by atoms with van der Waals surface area (Å²) in [5, 5.41) is 15.4. The van der Waals surface area contributed by atoms with Crippen LogP contribution >= 0.6 is 11.6 Å². The molecule has 3 aromatic carbocycles. The molecule has 0 atom stereocenters. The molecular weight excluding hydrogens is 340 g/mol. The normalized spacial score (nSPS) is 14.3. The molecule has 3 aromatic rings. The van der Waals surface area contributed by atoms with E-state index in [4.69, 9.17) is 16.7 Å². The van der Waals surface area contributed by atoms with Gasteiger partial charge < -0.3 is 5.11 Å². The Kier molecular flexibility index (Phi) is 3.51. The number of benzene rings is 3. The van der Waals surface area contributed by atoms with Gasteiger partial charge in [-0.05, 0) is 23.6 Å². The maximum Gasteiger partial charge on any atom is 0.337 e. The number of carboxylic acid groups (broad SMARTS) is 1. The van der Waals surface area contributed by atoms with Crippen LogP contribution in [0.15, 0.2) is 59.7 Å². The highest BCUT2D eigenvalue weighted by Gasteiger charge is 2.28. The third-order valence-corrected chi connectivity index (χ3v) is 4.44. The first kappa shape index (κ1) is 15.4. The first-order valence-electron chi connectivity index (χ1n) is 7.49. The van der Waals surface area contributed by atoms with E-state index in [9.17, 15) is 9.59 Å². The van der Waals surface area contributed by atoms with Gasteiger partial charge in [-0.25, -0.2) is 4.79 Å². The average Bonchev–Trinajstić information content (AvgIpc) is 2.88. The molecular formula is C19H11ClN2O3. The zero-order valence-corrected chi connectivity index (χ0v) is 13.5. The average molecular weight is 351 g/mol. The van der Waals surface area contributed by atoms with Crippen LogP contribution in [0.3, 0.4) is 0 Å². The lowest BCUT2D eigenvalue weighted by atomic mass is 10.1. The fraction of sp³-hybridized carbons (Fsp3) is 0. The highest BCUT2D eigenvalue weighted by Crippen LogP contribution is 2.31. The largest absolute Gasteiger partial charge is 0.478 e. The number of hydrazone groups is 1. The van der Waals surface area contributed by atoms with E-state index in [2.05, 4.69) is 10.5 Å². The van der Waals surface area contributed by atoms with Gasteiger partial charge in [-0.3, -0.25) is 10.2 Å². The Morgan fingerprint density at radius 3 is 2.48 bits per heavy atom. The van der Waals surface area contributed by atoms with Gasteiger partial charge in [-0.15, -0.1) is 0 Å². The summed E-state index contributed by atoms with van der Waals surface area (Å²) in [6.45, 7) is 0. The molecule has 25 heavy (non-hydrogen) atoms. The summed E-state index contributed by atoms with van der Waals surface area (Å²) in [6, 6.07) is 15.7. The number of Topliss-reactive ketones (excluding diaryl/α,β-unsaturated/α-hetero) is 1. The smallest absolute Gasteiger partial charge is 0.337 e. The number of hydrogen-bond donors (Lipinski definition) is 2. The van der Waals surface area contributed by atoms with E-state index >= 15 is 0 Å². The number of hydrogen-bond acceptors (Lipinski definition) is 4. The lowest BCUT2D eigenvalue weighted by molar-refractivity contribution is 0.0697. The monoisotopic (exact) mass is 350 g/mol. The number of anilines is 1. The molecule has 5 nitrogen and oxygen atoms in total. The van der Waals surface area contributed by atoms with Gasteiger partial charge >= 0.3 is 5.97 Å². The molecule has 122 valence electrons. The Bertz CT molecular complexity index is 1080. The summed E-state index contributed by atoms with van der Waals surface area (Å²) in [7, 11) is 0. The second-order valence-corrected chi connectivity index (χ2v) is 6.02. The predicted molar refractivity (Wildman–Crippen MR) is 96.8 cm³/mol. The number of rotatable bonds is 3. The topological polar surface area (TPSA) is 78.8 Å². The highest BCUT2D eigenvalue weighted by molar-refractivity contribution is 6.59. The number of carboxylic acids is 1. The summed E-state index contributed by atoms with van der Waals surface area (Å²) < 4.78 is 0. The first-order valence-corrected chi connectivity index (χ1v) is 7.87. The molecule has 0 amide bonds. The van der Waals surface area contributed by atoms with Crippen LogP contribution in [0, 0.1) is 0 Å². The molecule has 0 saturated heterocycles. The second-order valence-electron chi connectivity index (χ2n) is 5.61. The fourth-order valence-electron chi connectivity index (χ4n) is 2.97. The third-order valence-electron chi connectivity index (χ3n) is 4.11. The minimum Gasteiger partial charge on any atom is -0.478 e. The maximum atomic E-state index is 12.6. The van der Waals surface area contributed by atoms with Crippen LogP contribution in [0.1, 0.15) is 26.3 Å². The third kappa shape index (κ3) is 2.45. The number of ketones is 1. The zero-order valence-electron chi connectivity index (χ0n) is 12.8. The molecule has 0 fully saturated rings. The van der Waals surface area contributed by atoms with Crippen molar-refractivity contribution in [3.8, 4) is 0 Å². The lowest BCUT2D eigenvalue weighted by Crippen LogP contribution is -2.11. The van der Waals surface area contributed by atoms with E-state index in [1.807, 2.05) is 30.3 Å². The summed E-state index contributed by atoms with van der Waals surface area (Å²) in [5.74, 6) is -1.29. The Labute approximate surface area is 147 Å². The maximum absolute atomic E-state index is 12.6. The summed E-state index contributed by atoms with van der Waals surface area (Å²) in [6.07, 6.45) is 0. The Hall–Kier alpha value is -3.18. The molecule has 0 heterocycles. The SMILES string of the molecule is O=C(O)c1cc(N/N=C2\C(=O)c3cccc4cccc2c34)ccc1Cl. The van der Waals surface area contributed by atoms with Crippen LogP contribution in [0.5, 0.6) is 0 Å². The van der Waals surface area contributed by atoms with Crippen molar-refractivity contribution in [2.24, 2.45) is 5.10 Å². The predicted octanol–water partition coefficient (Wildman–Crippen LogP) is 4.20. The van der Waals surface area contributed by atoms with Gasteiger partial charge in [0, 0.05) is 16.5 Å². The van der Waals surface area contributed by atoms with Gasteiger partial charge in [0.2, 0.25) is 5.78 Å². The molecule has 0 radical (unpaired) electrons. The highest BCUT2D eigenvalue weighted by atomic mass is 35.5. The molecule has 0 saturated carbocycles. The van der Waals surface area contributed by atoms with E-state index in [1.165, 1.54) is 12.1 Å². The first-order chi connectivity index (χ1) is 12.1. The molecule has 0 aliphatic heterocycles. The van der Waals surface area contributed by atoms with E-state index < -0.39 is 5.97 Å². The van der Waals surface area contributed by atoms with Gasteiger partial charge in [0.1, 0.15) is 5.71 Å². The van der Waals surface area contributed by atoms with Crippen LogP contribution in [0.4, 0.5) is 5.69 Å². The minimum atomic E-state index is -1.13. The van der Waals surface area contributed by atoms with Crippen molar-refractivity contribution in [3.63, 3.8) is 0 Å². The summed E-state index contributed by atoms with van der Waals surface area (Å²) >= 11 is 5.86. The van der Waals surface area contributed by atoms with Gasteiger partial charge in [-0.2, -0.15) is 5.10 Å². The van der Waals surface area contributed by atoms with E-state index in [0.717, 1.165) is 16.3 Å². The number of nitrogens with one attached hydrogen (secondary N) is 1. The van der Waals surface area contributed by atoms with Crippen LogP contribution in [0.2, 0.25) is 5.02 Å². The lowest BCUT2D eigenvalue weighted by Gasteiger charge is -2.05. The summed E-state index contributed by atoms with van der Waals surface area (Å²) in [5.41, 5.74) is 4.85. The second kappa shape index (κ2) is 5.72. The van der Waals surface area contributed by atoms with Crippen molar-refractivity contribution in [2.75, 3.05) is 5.43 Å². The van der Waals surface area contributed by atoms with Crippen molar-refractivity contribution in [3.05, 3.63) is 76.3 Å². The van der Waals surface area contributed by atoms with Crippen LogP contribution < -0.4 is 5.43 Å². The molecule has 0 aromatic heterocycles. The zero-order chi connectivity index (χ0) is 17.6. The van der Waals surface area contributed by atoms with Crippen LogP contribution in [0.25, 0.3) is 10.8 Å². The standard InChI is InChI=1S/C19H11ClN2O3/c20-15-8-7-11(9-14(15)19(24)25)21-22-17-12-5-1-3-10-4-2-6-13(16(10)12)18(17)23/h1-9,21H,(H,24,25)/b22-17-. The quantitative estimate of drug-likeness (QED) is 0.694. The van der Waals surface area contributed by atoms with Crippen molar-refractivity contribution in [1.29, 1.82) is 0 Å². The number of nitrogens with zero attached hydrogens (tertiary/aromatic N) is 1. The number of halogens is 1. The Morgan fingerprint density at radius 1 is 1.04 bits per heavy atom. The minimum absolute atomic E-state index is 0.0324. The molecule has 0 unspecified atom stereocenters. The number of aromatic carboxylic acids is 1. The van der Waals surface area contributed by atoms with E-state index in [0.29, 0.717) is 17.0 Å². The molecule has 0 spiro atoms. The van der Waals surface area contributed by atoms with E-state index in [1.54, 1.807) is 12.1 Å². The summed E-state index contributed by atoms with van der Waals surface area (Å²) in [4.78, 5) is 23.8. The molecule has 2 N–H and O–H groups in total. The molecule has 1 aliphatic rings. The number of carbonyl (C=O) groups is 2. The van der Waals surface area contributed by atoms with Crippen LogP contribution in [-0.2, 0) is 0 Å². The molecule has 1 aliphatic carbocycles. The van der Waals surface area contributed by atoms with Crippen molar-refractivity contribution < 1.29 is 14.7 Å². The number of carbonyl (C=O) groups excluding carboxylic acids is 1. The molecule has 6 heteroatoms. The van der Waals surface area contributed by atoms with E-state index in [-0.39, 0.29) is 16.4 Å². The van der Waals surface area contributed by atoms with Crippen molar-refractivity contribution in [2.45, 2.75) is 0 Å². The van der Waals surface area contributed by atoms with Gasteiger partial charge in [0.05, 0.1) is 16.3 Å². The van der Waals surface area contributed by atoms with Crippen molar-refractivity contribution in [1.82, 2.24) is 0 Å². The Morgan fingerprint density at radius 2 is 1.76 bits per heavy atom.